The number of nitrogens with one attached hydrogen (secondary N) is 2. The predicted octanol–water partition coefficient (Wildman–Crippen LogP) is 0.947. The van der Waals surface area contributed by atoms with Gasteiger partial charge in [0, 0.05) is 13.6 Å². The zero-order valence-electron chi connectivity index (χ0n) is 10.1. The van der Waals surface area contributed by atoms with Crippen molar-refractivity contribution in [3.8, 4) is 11.5 Å². The monoisotopic (exact) mass is 270 g/mol. The highest BCUT2D eigenvalue weighted by atomic mass is 35.5. The number of carbonyl (C=O) groups is 1. The summed E-state index contributed by atoms with van der Waals surface area (Å²) in [6.07, 6.45) is 0. The van der Waals surface area contributed by atoms with E-state index in [9.17, 15) is 4.79 Å². The minimum absolute atomic E-state index is 0.0568. The maximum absolute atomic E-state index is 11.1. The first-order valence-electron chi connectivity index (χ1n) is 5.70. The molecule has 1 aromatic carbocycles. The van der Waals surface area contributed by atoms with Crippen LogP contribution in [0, 0.1) is 0 Å². The van der Waals surface area contributed by atoms with Gasteiger partial charge in [-0.3, -0.25) is 4.79 Å². The molecule has 0 fully saturated rings. The number of carbonyl (C=O) groups excluding carboxylic acids is 1. The van der Waals surface area contributed by atoms with Gasteiger partial charge in [0.1, 0.15) is 13.2 Å². The Morgan fingerprint density at radius 1 is 1.39 bits per heavy atom. The molecule has 1 amide bonds. The van der Waals surface area contributed by atoms with Crippen molar-refractivity contribution in [2.75, 3.05) is 26.8 Å². The van der Waals surface area contributed by atoms with Crippen LogP contribution in [0.3, 0.4) is 0 Å². The van der Waals surface area contributed by atoms with Gasteiger partial charge < -0.3 is 20.1 Å². The fourth-order valence-corrected chi connectivity index (χ4v) is 1.96. The smallest absolute Gasteiger partial charge is 0.233 e. The Morgan fingerprint density at radius 3 is 2.94 bits per heavy atom. The van der Waals surface area contributed by atoms with E-state index in [1.54, 1.807) is 7.05 Å². The third kappa shape index (κ3) is 3.05. The van der Waals surface area contributed by atoms with E-state index in [-0.39, 0.29) is 12.5 Å². The summed E-state index contributed by atoms with van der Waals surface area (Å²) in [6, 6.07) is 3.68. The van der Waals surface area contributed by atoms with E-state index in [2.05, 4.69) is 10.6 Å². The normalized spacial score (nSPS) is 13.2. The average Bonchev–Trinajstić information content (AvgIpc) is 2.38. The summed E-state index contributed by atoms with van der Waals surface area (Å²) in [6.45, 7) is 1.85. The first kappa shape index (κ1) is 13.0. The lowest BCUT2D eigenvalue weighted by molar-refractivity contribution is -0.119. The molecular weight excluding hydrogens is 256 g/mol. The van der Waals surface area contributed by atoms with Crippen LogP contribution in [0.25, 0.3) is 0 Å². The Morgan fingerprint density at radius 2 is 2.17 bits per heavy atom. The van der Waals surface area contributed by atoms with Gasteiger partial charge in [0.15, 0.2) is 11.5 Å². The number of halogens is 1. The second-order valence-electron chi connectivity index (χ2n) is 3.88. The molecule has 1 aromatic rings. The Hall–Kier alpha value is -1.46. The van der Waals surface area contributed by atoms with E-state index < -0.39 is 0 Å². The third-order valence-electron chi connectivity index (χ3n) is 2.55. The summed E-state index contributed by atoms with van der Waals surface area (Å²) in [7, 11) is 1.60. The number of amides is 1. The molecule has 0 atom stereocenters. The van der Waals surface area contributed by atoms with Crippen LogP contribution in [0.5, 0.6) is 11.5 Å². The average molecular weight is 271 g/mol. The van der Waals surface area contributed by atoms with E-state index in [4.69, 9.17) is 21.1 Å². The van der Waals surface area contributed by atoms with Crippen molar-refractivity contribution in [1.29, 1.82) is 0 Å². The molecule has 5 nitrogen and oxygen atoms in total. The summed E-state index contributed by atoms with van der Waals surface area (Å²) in [5.41, 5.74) is 0.952. The molecule has 2 rings (SSSR count). The van der Waals surface area contributed by atoms with Gasteiger partial charge in [-0.2, -0.15) is 0 Å². The molecule has 1 aliphatic rings. The number of likely N-dealkylation sites (N-methyl/N-ethyl adjacent to an activating group) is 1. The number of benzene rings is 1. The van der Waals surface area contributed by atoms with Gasteiger partial charge in [-0.05, 0) is 17.7 Å². The second kappa shape index (κ2) is 5.93. The number of hydrogen-bond acceptors (Lipinski definition) is 4. The fourth-order valence-electron chi connectivity index (χ4n) is 1.68. The SMILES string of the molecule is CNC(=O)CNCc1cc(Cl)c2c(c1)OCCO2. The largest absolute Gasteiger partial charge is 0.486 e. The molecule has 1 heterocycles. The second-order valence-corrected chi connectivity index (χ2v) is 4.29. The van der Waals surface area contributed by atoms with Crippen molar-refractivity contribution in [2.24, 2.45) is 0 Å². The minimum Gasteiger partial charge on any atom is -0.486 e. The molecule has 0 aliphatic carbocycles. The van der Waals surface area contributed by atoms with Gasteiger partial charge in [0.25, 0.3) is 0 Å². The van der Waals surface area contributed by atoms with Crippen molar-refractivity contribution in [3.63, 3.8) is 0 Å². The van der Waals surface area contributed by atoms with E-state index >= 15 is 0 Å². The van der Waals surface area contributed by atoms with Crippen molar-refractivity contribution < 1.29 is 14.3 Å². The predicted molar refractivity (Wildman–Crippen MR) is 68.2 cm³/mol. The lowest BCUT2D eigenvalue weighted by atomic mass is 10.2. The van der Waals surface area contributed by atoms with Crippen molar-refractivity contribution >= 4 is 17.5 Å². The van der Waals surface area contributed by atoms with Gasteiger partial charge in [0.2, 0.25) is 5.91 Å². The van der Waals surface area contributed by atoms with E-state index in [0.717, 1.165) is 5.56 Å². The summed E-state index contributed by atoms with van der Waals surface area (Å²) in [4.78, 5) is 11.1. The summed E-state index contributed by atoms with van der Waals surface area (Å²) < 4.78 is 10.9. The first-order valence-corrected chi connectivity index (χ1v) is 6.08. The molecule has 0 bridgehead atoms. The molecule has 0 unspecified atom stereocenters. The molecule has 0 saturated heterocycles. The van der Waals surface area contributed by atoms with Crippen LogP contribution in [0.2, 0.25) is 5.02 Å². The minimum atomic E-state index is -0.0568. The quantitative estimate of drug-likeness (QED) is 0.855. The molecule has 98 valence electrons. The molecule has 18 heavy (non-hydrogen) atoms. The first-order chi connectivity index (χ1) is 8.70. The van der Waals surface area contributed by atoms with Crippen LogP contribution in [0.4, 0.5) is 0 Å². The molecule has 1 aliphatic heterocycles. The zero-order valence-corrected chi connectivity index (χ0v) is 10.8. The standard InChI is InChI=1S/C12H15ClN2O3/c1-14-11(16)7-15-6-8-4-9(13)12-10(5-8)17-2-3-18-12/h4-5,15H,2-3,6-7H2,1H3,(H,14,16). The lowest BCUT2D eigenvalue weighted by Gasteiger charge is -2.20. The fraction of sp³-hybridized carbons (Fsp3) is 0.417. The van der Waals surface area contributed by atoms with Crippen LogP contribution < -0.4 is 20.1 Å². The van der Waals surface area contributed by atoms with Crippen LogP contribution >= 0.6 is 11.6 Å². The van der Waals surface area contributed by atoms with Gasteiger partial charge in [-0.1, -0.05) is 11.6 Å². The van der Waals surface area contributed by atoms with Gasteiger partial charge in [-0.15, -0.1) is 0 Å². The molecule has 0 aromatic heterocycles. The van der Waals surface area contributed by atoms with E-state index in [0.29, 0.717) is 36.3 Å². The van der Waals surface area contributed by atoms with Crippen LogP contribution in [-0.2, 0) is 11.3 Å². The maximum Gasteiger partial charge on any atom is 0.233 e. The van der Waals surface area contributed by atoms with Crippen molar-refractivity contribution in [3.05, 3.63) is 22.7 Å². The molecule has 0 spiro atoms. The topological polar surface area (TPSA) is 59.6 Å². The molecule has 0 saturated carbocycles. The Labute approximate surface area is 110 Å². The highest BCUT2D eigenvalue weighted by Gasteiger charge is 2.16. The number of fused-ring (bicyclic) bond motifs is 1. The van der Waals surface area contributed by atoms with Crippen LogP contribution in [0.1, 0.15) is 5.56 Å². The molecule has 2 N–H and O–H groups in total. The van der Waals surface area contributed by atoms with Gasteiger partial charge >= 0.3 is 0 Å². The van der Waals surface area contributed by atoms with Crippen molar-refractivity contribution in [2.45, 2.75) is 6.54 Å². The number of ether oxygens (including phenoxy) is 2. The summed E-state index contributed by atoms with van der Waals surface area (Å²) >= 11 is 6.10. The van der Waals surface area contributed by atoms with Crippen LogP contribution in [0.15, 0.2) is 12.1 Å². The van der Waals surface area contributed by atoms with Gasteiger partial charge in [-0.25, -0.2) is 0 Å². The Balaban J connectivity index is 2.01. The Kier molecular flexibility index (Phi) is 4.28. The number of hydrogen-bond donors (Lipinski definition) is 2. The highest BCUT2D eigenvalue weighted by molar-refractivity contribution is 6.32. The third-order valence-corrected chi connectivity index (χ3v) is 2.83. The van der Waals surface area contributed by atoms with E-state index in [1.165, 1.54) is 0 Å². The van der Waals surface area contributed by atoms with Crippen LogP contribution in [-0.4, -0.2) is 32.7 Å². The molecular formula is C12H15ClN2O3. The summed E-state index contributed by atoms with van der Waals surface area (Å²) in [5.74, 6) is 1.20. The van der Waals surface area contributed by atoms with Crippen molar-refractivity contribution in [1.82, 2.24) is 10.6 Å². The zero-order chi connectivity index (χ0) is 13.0. The molecule has 0 radical (unpaired) electrons. The highest BCUT2D eigenvalue weighted by Crippen LogP contribution is 2.38. The van der Waals surface area contributed by atoms with E-state index in [1.807, 2.05) is 12.1 Å². The number of rotatable bonds is 4. The Bertz CT molecular complexity index is 451. The lowest BCUT2D eigenvalue weighted by Crippen LogP contribution is -2.31. The maximum atomic E-state index is 11.1. The summed E-state index contributed by atoms with van der Waals surface area (Å²) in [5, 5.41) is 6.09. The molecule has 6 heteroatoms. The van der Waals surface area contributed by atoms with Gasteiger partial charge in [0.05, 0.1) is 11.6 Å².